The molecule has 2 saturated heterocycles. The highest BCUT2D eigenvalue weighted by Crippen LogP contribution is 2.13. The Kier molecular flexibility index (Phi) is 13.3. The van der Waals surface area contributed by atoms with Crippen LogP contribution >= 0.6 is 0 Å². The van der Waals surface area contributed by atoms with Crippen LogP contribution in [-0.2, 0) is 41.7 Å². The molecule has 12 nitrogen and oxygen atoms in total. The number of carbonyl (C=O) groups is 2. The Morgan fingerprint density at radius 3 is 2.27 bits per heavy atom. The molecule has 2 aliphatic heterocycles. The van der Waals surface area contributed by atoms with Gasteiger partial charge in [0.1, 0.15) is 18.8 Å². The summed E-state index contributed by atoms with van der Waals surface area (Å²) in [5.41, 5.74) is 0.674. The molecule has 0 spiro atoms. The van der Waals surface area contributed by atoms with Crippen molar-refractivity contribution in [2.24, 2.45) is 0 Å². The minimum absolute atomic E-state index is 0.0163. The van der Waals surface area contributed by atoms with Crippen molar-refractivity contribution in [2.75, 3.05) is 85.5 Å². The molecule has 0 unspecified atom stereocenters. The fraction of sp³-hybridized carbons (Fsp3) is 0.840. The molecule has 2 amide bonds. The molecule has 12 heteroatoms. The molecule has 2 aliphatic rings. The summed E-state index contributed by atoms with van der Waals surface area (Å²) in [4.78, 5) is 30.9. The lowest BCUT2D eigenvalue weighted by atomic mass is 10.1. The van der Waals surface area contributed by atoms with E-state index in [-0.39, 0.29) is 31.1 Å². The zero-order valence-electron chi connectivity index (χ0n) is 22.5. The monoisotopic (exact) mass is 524 g/mol. The van der Waals surface area contributed by atoms with Gasteiger partial charge in [0.2, 0.25) is 11.8 Å². The number of likely N-dealkylation sites (tertiary alicyclic amines) is 1. The first-order valence-corrected chi connectivity index (χ1v) is 13.6. The van der Waals surface area contributed by atoms with Crippen molar-refractivity contribution in [3.8, 4) is 0 Å². The summed E-state index contributed by atoms with van der Waals surface area (Å²) < 4.78 is 23.7. The Labute approximate surface area is 220 Å². The van der Waals surface area contributed by atoms with Crippen molar-refractivity contribution in [3.05, 3.63) is 11.9 Å². The smallest absolute Gasteiger partial charge is 0.248 e. The molecule has 37 heavy (non-hydrogen) atoms. The number of piperazine rings is 1. The molecule has 0 aromatic carbocycles. The predicted octanol–water partition coefficient (Wildman–Crippen LogP) is 0.410. The topological polar surface area (TPSA) is 111 Å². The van der Waals surface area contributed by atoms with E-state index >= 15 is 0 Å². The number of hydrogen-bond donors (Lipinski definition) is 0. The van der Waals surface area contributed by atoms with E-state index in [4.69, 9.17) is 18.9 Å². The van der Waals surface area contributed by atoms with Gasteiger partial charge in [-0.25, -0.2) is 4.68 Å². The number of amides is 2. The number of rotatable bonds is 16. The molecular weight excluding hydrogens is 480 g/mol. The van der Waals surface area contributed by atoms with Crippen LogP contribution in [0.1, 0.15) is 38.8 Å². The zero-order chi connectivity index (χ0) is 26.3. The maximum Gasteiger partial charge on any atom is 0.248 e. The Morgan fingerprint density at radius 1 is 0.892 bits per heavy atom. The third-order valence-corrected chi connectivity index (χ3v) is 6.56. The predicted molar refractivity (Wildman–Crippen MR) is 136 cm³/mol. The Morgan fingerprint density at radius 2 is 1.57 bits per heavy atom. The van der Waals surface area contributed by atoms with Crippen LogP contribution in [-0.4, -0.2) is 133 Å². The standard InChI is InChI=1S/C25H44N6O6/c1-3-7-28-10-12-30(13-11-28)24(32)19-31-18-22(26-27-31)20-35-16-14-34-15-17-36-21-25(33)29-8-5-23(6-9-29)37-4-2/h18,23H,3-17,19-21H2,1-2H3. The zero-order valence-corrected chi connectivity index (χ0v) is 22.5. The van der Waals surface area contributed by atoms with Gasteiger partial charge in [-0.3, -0.25) is 14.5 Å². The third-order valence-electron chi connectivity index (χ3n) is 6.56. The van der Waals surface area contributed by atoms with Gasteiger partial charge in [-0.1, -0.05) is 12.1 Å². The minimum Gasteiger partial charge on any atom is -0.378 e. The Balaban J connectivity index is 1.16. The third kappa shape index (κ3) is 10.6. The van der Waals surface area contributed by atoms with Crippen molar-refractivity contribution in [2.45, 2.75) is 52.4 Å². The lowest BCUT2D eigenvalue weighted by Crippen LogP contribution is -2.49. The fourth-order valence-corrected chi connectivity index (χ4v) is 4.53. The molecule has 0 N–H and O–H groups in total. The summed E-state index contributed by atoms with van der Waals surface area (Å²) in [6.07, 6.45) is 4.91. The molecule has 0 bridgehead atoms. The maximum absolute atomic E-state index is 12.5. The normalized spacial score (nSPS) is 17.5. The van der Waals surface area contributed by atoms with E-state index < -0.39 is 0 Å². The SMILES string of the molecule is CCCN1CCN(C(=O)Cn2cc(COCCOCCOCC(=O)N3CCC(OCC)CC3)nn2)CC1. The first-order chi connectivity index (χ1) is 18.1. The van der Waals surface area contributed by atoms with Crippen LogP contribution in [0.5, 0.6) is 0 Å². The molecule has 210 valence electrons. The highest BCUT2D eigenvalue weighted by molar-refractivity contribution is 5.77. The van der Waals surface area contributed by atoms with Crippen LogP contribution in [0.15, 0.2) is 6.20 Å². The minimum atomic E-state index is 0.0163. The van der Waals surface area contributed by atoms with Crippen LogP contribution in [0.2, 0.25) is 0 Å². The van der Waals surface area contributed by atoms with Crippen molar-refractivity contribution >= 4 is 11.8 Å². The second kappa shape index (κ2) is 16.7. The molecule has 3 rings (SSSR count). The molecule has 0 radical (unpaired) electrons. The Bertz CT molecular complexity index is 792. The number of ether oxygens (including phenoxy) is 4. The van der Waals surface area contributed by atoms with E-state index in [1.54, 1.807) is 10.9 Å². The largest absolute Gasteiger partial charge is 0.378 e. The molecular formula is C25H44N6O6. The molecule has 0 saturated carbocycles. The molecule has 0 aliphatic carbocycles. The van der Waals surface area contributed by atoms with Gasteiger partial charge in [-0.05, 0) is 32.7 Å². The summed E-state index contributed by atoms with van der Waals surface area (Å²) in [6, 6.07) is 0. The van der Waals surface area contributed by atoms with E-state index in [1.807, 2.05) is 16.7 Å². The van der Waals surface area contributed by atoms with Crippen LogP contribution < -0.4 is 0 Å². The van der Waals surface area contributed by atoms with Crippen LogP contribution in [0, 0.1) is 0 Å². The average Bonchev–Trinajstić information content (AvgIpc) is 3.35. The van der Waals surface area contributed by atoms with Crippen LogP contribution in [0.3, 0.4) is 0 Å². The van der Waals surface area contributed by atoms with Crippen LogP contribution in [0.25, 0.3) is 0 Å². The van der Waals surface area contributed by atoms with Gasteiger partial charge >= 0.3 is 0 Å². The first kappa shape index (κ1) is 29.4. The molecule has 1 aromatic rings. The molecule has 3 heterocycles. The lowest BCUT2D eigenvalue weighted by molar-refractivity contribution is -0.139. The van der Waals surface area contributed by atoms with Gasteiger partial charge in [-0.2, -0.15) is 0 Å². The van der Waals surface area contributed by atoms with Gasteiger partial charge in [0.25, 0.3) is 0 Å². The summed E-state index contributed by atoms with van der Waals surface area (Å²) >= 11 is 0. The molecule has 2 fully saturated rings. The molecule has 1 aromatic heterocycles. The number of hydrogen-bond acceptors (Lipinski definition) is 9. The fourth-order valence-electron chi connectivity index (χ4n) is 4.53. The summed E-state index contributed by atoms with van der Waals surface area (Å²) in [5.74, 6) is 0.0829. The van der Waals surface area contributed by atoms with Crippen molar-refractivity contribution < 1.29 is 28.5 Å². The van der Waals surface area contributed by atoms with Gasteiger partial charge in [-0.15, -0.1) is 5.10 Å². The van der Waals surface area contributed by atoms with Gasteiger partial charge < -0.3 is 28.7 Å². The van der Waals surface area contributed by atoms with E-state index in [1.165, 1.54) is 0 Å². The van der Waals surface area contributed by atoms with Crippen molar-refractivity contribution in [1.82, 2.24) is 29.7 Å². The second-order valence-corrected chi connectivity index (χ2v) is 9.38. The number of nitrogens with zero attached hydrogens (tertiary/aromatic N) is 6. The van der Waals surface area contributed by atoms with E-state index in [9.17, 15) is 9.59 Å². The van der Waals surface area contributed by atoms with E-state index in [0.29, 0.717) is 45.3 Å². The first-order valence-electron chi connectivity index (χ1n) is 13.6. The number of carbonyl (C=O) groups excluding carboxylic acids is 2. The summed E-state index contributed by atoms with van der Waals surface area (Å²) in [5, 5.41) is 8.13. The number of aromatic nitrogens is 3. The van der Waals surface area contributed by atoms with Gasteiger partial charge in [0, 0.05) is 45.9 Å². The summed E-state index contributed by atoms with van der Waals surface area (Å²) in [6.45, 7) is 12.9. The Hall–Kier alpha value is -2.12. The van der Waals surface area contributed by atoms with Crippen LogP contribution in [0.4, 0.5) is 0 Å². The van der Waals surface area contributed by atoms with Gasteiger partial charge in [0.15, 0.2) is 0 Å². The highest BCUT2D eigenvalue weighted by Gasteiger charge is 2.23. The number of piperidine rings is 1. The summed E-state index contributed by atoms with van der Waals surface area (Å²) in [7, 11) is 0. The molecule has 0 atom stereocenters. The van der Waals surface area contributed by atoms with Gasteiger partial charge in [0.05, 0.1) is 45.3 Å². The lowest BCUT2D eigenvalue weighted by Gasteiger charge is -2.34. The quantitative estimate of drug-likeness (QED) is 0.284. The van der Waals surface area contributed by atoms with E-state index in [2.05, 4.69) is 22.1 Å². The second-order valence-electron chi connectivity index (χ2n) is 9.38. The van der Waals surface area contributed by atoms with Crippen molar-refractivity contribution in [3.63, 3.8) is 0 Å². The van der Waals surface area contributed by atoms with Crippen molar-refractivity contribution in [1.29, 1.82) is 0 Å². The van der Waals surface area contributed by atoms with E-state index in [0.717, 1.165) is 65.1 Å². The average molecular weight is 525 g/mol. The highest BCUT2D eigenvalue weighted by atomic mass is 16.5. The maximum atomic E-state index is 12.5.